The summed E-state index contributed by atoms with van der Waals surface area (Å²) < 4.78 is 11.3. The SMILES string of the molecule is CCO[C@@H]1CN(C2CCNCC2)C[C@H]1OC. The van der Waals surface area contributed by atoms with Crippen molar-refractivity contribution in [3.8, 4) is 0 Å². The van der Waals surface area contributed by atoms with Crippen molar-refractivity contribution in [3.05, 3.63) is 0 Å². The number of likely N-dealkylation sites (tertiary alicyclic amines) is 1. The highest BCUT2D eigenvalue weighted by Crippen LogP contribution is 2.22. The summed E-state index contributed by atoms with van der Waals surface area (Å²) in [6.07, 6.45) is 3.05. The Balaban J connectivity index is 1.87. The normalized spacial score (nSPS) is 33.4. The quantitative estimate of drug-likeness (QED) is 0.758. The molecule has 0 aromatic heterocycles. The minimum Gasteiger partial charge on any atom is -0.377 e. The molecule has 2 fully saturated rings. The second-order valence-corrected chi connectivity index (χ2v) is 4.70. The molecule has 4 heteroatoms. The lowest BCUT2D eigenvalue weighted by molar-refractivity contribution is -0.0233. The van der Waals surface area contributed by atoms with Crippen LogP contribution in [0.15, 0.2) is 0 Å². The summed E-state index contributed by atoms with van der Waals surface area (Å²) in [5, 5.41) is 3.41. The second kappa shape index (κ2) is 5.96. The highest BCUT2D eigenvalue weighted by Gasteiger charge is 2.36. The predicted octanol–water partition coefficient (Wildman–Crippen LogP) is 0.474. The van der Waals surface area contributed by atoms with E-state index in [0.717, 1.165) is 38.8 Å². The van der Waals surface area contributed by atoms with Gasteiger partial charge in [0.25, 0.3) is 0 Å². The van der Waals surface area contributed by atoms with Crippen LogP contribution >= 0.6 is 0 Å². The highest BCUT2D eigenvalue weighted by atomic mass is 16.5. The number of hydrogen-bond donors (Lipinski definition) is 1. The van der Waals surface area contributed by atoms with Crippen LogP contribution in [-0.2, 0) is 9.47 Å². The predicted molar refractivity (Wildman–Crippen MR) is 63.7 cm³/mol. The molecule has 2 atom stereocenters. The number of methoxy groups -OCH3 is 1. The van der Waals surface area contributed by atoms with Crippen LogP contribution in [0.2, 0.25) is 0 Å². The molecule has 94 valence electrons. The fourth-order valence-corrected chi connectivity index (χ4v) is 2.84. The van der Waals surface area contributed by atoms with E-state index in [4.69, 9.17) is 9.47 Å². The van der Waals surface area contributed by atoms with Crippen LogP contribution in [0.25, 0.3) is 0 Å². The standard InChI is InChI=1S/C12H24N2O2/c1-3-16-12-9-14(8-11(12)15-2)10-4-6-13-7-5-10/h10-13H,3-9H2,1-2H3/t11-,12-/m1/s1. The smallest absolute Gasteiger partial charge is 0.0975 e. The fraction of sp³-hybridized carbons (Fsp3) is 1.00. The maximum Gasteiger partial charge on any atom is 0.0975 e. The first-order valence-electron chi connectivity index (χ1n) is 6.44. The average Bonchev–Trinajstić information content (AvgIpc) is 2.74. The third kappa shape index (κ3) is 2.74. The molecule has 0 bridgehead atoms. The van der Waals surface area contributed by atoms with Gasteiger partial charge in [-0.1, -0.05) is 0 Å². The number of nitrogens with one attached hydrogen (secondary N) is 1. The summed E-state index contributed by atoms with van der Waals surface area (Å²) in [5.41, 5.74) is 0. The molecule has 0 amide bonds. The maximum absolute atomic E-state index is 5.75. The van der Waals surface area contributed by atoms with Crippen LogP contribution in [0, 0.1) is 0 Å². The maximum atomic E-state index is 5.75. The van der Waals surface area contributed by atoms with E-state index in [-0.39, 0.29) is 12.2 Å². The molecular weight excluding hydrogens is 204 g/mol. The van der Waals surface area contributed by atoms with Gasteiger partial charge in [0, 0.05) is 32.8 Å². The molecule has 1 N–H and O–H groups in total. The Kier molecular flexibility index (Phi) is 4.58. The molecule has 2 rings (SSSR count). The molecule has 0 spiro atoms. The van der Waals surface area contributed by atoms with Crippen molar-refractivity contribution >= 4 is 0 Å². The van der Waals surface area contributed by atoms with Gasteiger partial charge in [0.15, 0.2) is 0 Å². The molecule has 2 aliphatic heterocycles. The molecular formula is C12H24N2O2. The van der Waals surface area contributed by atoms with Gasteiger partial charge in [0.1, 0.15) is 0 Å². The zero-order valence-corrected chi connectivity index (χ0v) is 10.4. The minimum atomic E-state index is 0.259. The van der Waals surface area contributed by atoms with Crippen molar-refractivity contribution in [3.63, 3.8) is 0 Å². The van der Waals surface area contributed by atoms with E-state index in [2.05, 4.69) is 17.1 Å². The molecule has 0 unspecified atom stereocenters. The van der Waals surface area contributed by atoms with Gasteiger partial charge in [-0.25, -0.2) is 0 Å². The number of nitrogens with zero attached hydrogens (tertiary/aromatic N) is 1. The largest absolute Gasteiger partial charge is 0.377 e. The Hall–Kier alpha value is -0.160. The first-order valence-corrected chi connectivity index (χ1v) is 6.44. The molecule has 0 saturated carbocycles. The van der Waals surface area contributed by atoms with E-state index in [0.29, 0.717) is 0 Å². The van der Waals surface area contributed by atoms with Crippen molar-refractivity contribution < 1.29 is 9.47 Å². The summed E-state index contributed by atoms with van der Waals surface area (Å²) in [7, 11) is 1.79. The van der Waals surface area contributed by atoms with E-state index in [1.165, 1.54) is 12.8 Å². The lowest BCUT2D eigenvalue weighted by atomic mass is 10.1. The van der Waals surface area contributed by atoms with E-state index < -0.39 is 0 Å². The summed E-state index contributed by atoms with van der Waals surface area (Å²) >= 11 is 0. The zero-order chi connectivity index (χ0) is 11.4. The second-order valence-electron chi connectivity index (χ2n) is 4.70. The minimum absolute atomic E-state index is 0.259. The molecule has 4 nitrogen and oxygen atoms in total. The lowest BCUT2D eigenvalue weighted by Crippen LogP contribution is -2.42. The molecule has 0 aliphatic carbocycles. The molecule has 2 saturated heterocycles. The third-order valence-electron chi connectivity index (χ3n) is 3.75. The third-order valence-corrected chi connectivity index (χ3v) is 3.75. The Morgan fingerprint density at radius 2 is 1.88 bits per heavy atom. The van der Waals surface area contributed by atoms with Crippen molar-refractivity contribution in [1.29, 1.82) is 0 Å². The first-order chi connectivity index (χ1) is 7.85. The van der Waals surface area contributed by atoms with Crippen molar-refractivity contribution in [2.75, 3.05) is 39.9 Å². The number of ether oxygens (including phenoxy) is 2. The Bertz CT molecular complexity index is 207. The molecule has 0 radical (unpaired) electrons. The summed E-state index contributed by atoms with van der Waals surface area (Å²) in [4.78, 5) is 2.55. The fourth-order valence-electron chi connectivity index (χ4n) is 2.84. The van der Waals surface area contributed by atoms with Crippen LogP contribution in [-0.4, -0.2) is 63.0 Å². The van der Waals surface area contributed by atoms with E-state index in [1.807, 2.05) is 0 Å². The molecule has 2 aliphatic rings. The topological polar surface area (TPSA) is 33.7 Å². The van der Waals surface area contributed by atoms with Gasteiger partial charge in [-0.3, -0.25) is 4.90 Å². The first kappa shape index (κ1) is 12.3. The Morgan fingerprint density at radius 3 is 2.50 bits per heavy atom. The van der Waals surface area contributed by atoms with E-state index in [1.54, 1.807) is 7.11 Å². The van der Waals surface area contributed by atoms with Gasteiger partial charge in [0.2, 0.25) is 0 Å². The van der Waals surface area contributed by atoms with E-state index >= 15 is 0 Å². The number of rotatable bonds is 4. The molecule has 0 aromatic carbocycles. The van der Waals surface area contributed by atoms with Gasteiger partial charge in [-0.05, 0) is 32.9 Å². The van der Waals surface area contributed by atoms with Crippen LogP contribution in [0.1, 0.15) is 19.8 Å². The number of piperidine rings is 1. The van der Waals surface area contributed by atoms with Gasteiger partial charge in [-0.2, -0.15) is 0 Å². The van der Waals surface area contributed by atoms with Crippen LogP contribution in [0.3, 0.4) is 0 Å². The van der Waals surface area contributed by atoms with Crippen molar-refractivity contribution in [2.24, 2.45) is 0 Å². The summed E-state index contributed by atoms with van der Waals surface area (Å²) in [6, 6.07) is 0.726. The van der Waals surface area contributed by atoms with Crippen LogP contribution in [0.4, 0.5) is 0 Å². The summed E-state index contributed by atoms with van der Waals surface area (Å²) in [6.45, 7) is 7.21. The Labute approximate surface area is 98.3 Å². The Morgan fingerprint density at radius 1 is 1.19 bits per heavy atom. The van der Waals surface area contributed by atoms with Crippen molar-refractivity contribution in [2.45, 2.75) is 38.0 Å². The number of hydrogen-bond acceptors (Lipinski definition) is 4. The van der Waals surface area contributed by atoms with E-state index in [9.17, 15) is 0 Å². The van der Waals surface area contributed by atoms with Gasteiger partial charge in [-0.15, -0.1) is 0 Å². The molecule has 2 heterocycles. The summed E-state index contributed by atoms with van der Waals surface area (Å²) in [5.74, 6) is 0. The monoisotopic (exact) mass is 228 g/mol. The van der Waals surface area contributed by atoms with Crippen LogP contribution in [0.5, 0.6) is 0 Å². The molecule has 0 aromatic rings. The zero-order valence-electron chi connectivity index (χ0n) is 10.4. The molecule has 16 heavy (non-hydrogen) atoms. The van der Waals surface area contributed by atoms with Gasteiger partial charge >= 0.3 is 0 Å². The van der Waals surface area contributed by atoms with Gasteiger partial charge in [0.05, 0.1) is 12.2 Å². The average molecular weight is 228 g/mol. The van der Waals surface area contributed by atoms with Crippen LogP contribution < -0.4 is 5.32 Å². The lowest BCUT2D eigenvalue weighted by Gasteiger charge is -2.31. The van der Waals surface area contributed by atoms with Crippen molar-refractivity contribution in [1.82, 2.24) is 10.2 Å². The van der Waals surface area contributed by atoms with Gasteiger partial charge < -0.3 is 14.8 Å². The highest BCUT2D eigenvalue weighted by molar-refractivity contribution is 4.91.